The van der Waals surface area contributed by atoms with E-state index in [9.17, 15) is 19.4 Å². The maximum absolute atomic E-state index is 11.8. The van der Waals surface area contributed by atoms with Crippen LogP contribution in [0, 0.1) is 0 Å². The fourth-order valence-electron chi connectivity index (χ4n) is 3.29. The number of hydrogen-bond acceptors (Lipinski definition) is 7. The maximum Gasteiger partial charge on any atom is 0.305 e. The van der Waals surface area contributed by atoms with Gasteiger partial charge in [0.05, 0.1) is 27.7 Å². The number of esters is 1. The molecular weight excluding hydrogens is 469 g/mol. The number of phosphoric acid groups is 1. The molecule has 0 aliphatic rings. The minimum Gasteiger partial charge on any atom is -0.756 e. The molecule has 8 nitrogen and oxygen atoms in total. The quantitative estimate of drug-likeness (QED) is 0.0617. The Hall–Kier alpha value is -0.760. The van der Waals surface area contributed by atoms with Crippen molar-refractivity contribution < 1.29 is 37.6 Å². The number of rotatable bonds is 24. The summed E-state index contributed by atoms with van der Waals surface area (Å²) in [5.41, 5.74) is 0. The van der Waals surface area contributed by atoms with Crippen molar-refractivity contribution in [2.45, 2.75) is 103 Å². The summed E-state index contributed by atoms with van der Waals surface area (Å²) in [6, 6.07) is 0. The van der Waals surface area contributed by atoms with Gasteiger partial charge in [0.25, 0.3) is 7.82 Å². The van der Waals surface area contributed by atoms with Gasteiger partial charge < -0.3 is 28.3 Å². The first-order chi connectivity index (χ1) is 16.6. The van der Waals surface area contributed by atoms with Gasteiger partial charge in [-0.05, 0) is 32.1 Å². The van der Waals surface area contributed by atoms with E-state index in [-0.39, 0.29) is 13.2 Å². The number of allylic oxidation sites excluding steroid dienone is 2. The van der Waals surface area contributed by atoms with Crippen LogP contribution in [0.1, 0.15) is 96.8 Å². The molecule has 1 N–H and O–H groups in total. The largest absolute Gasteiger partial charge is 0.756 e. The molecule has 0 fully saturated rings. The van der Waals surface area contributed by atoms with Crippen molar-refractivity contribution in [1.29, 1.82) is 0 Å². The number of likely N-dealkylation sites (N-methyl/N-ethyl adjacent to an activating group) is 1. The number of carbonyl (C=O) groups excluding carboxylic acids is 1. The fraction of sp³-hybridized carbons (Fsp3) is 0.885. The number of quaternary nitrogens is 1. The second kappa shape index (κ2) is 21.3. The zero-order valence-corrected chi connectivity index (χ0v) is 23.6. The Kier molecular flexibility index (Phi) is 20.9. The monoisotopic (exact) mass is 521 g/mol. The number of hydrogen-bond donors (Lipinski definition) is 1. The molecule has 0 heterocycles. The zero-order valence-electron chi connectivity index (χ0n) is 22.8. The van der Waals surface area contributed by atoms with Crippen LogP contribution in [0.5, 0.6) is 0 Å². The molecule has 0 saturated heterocycles. The SMILES string of the molecule is CCCCCCCC/C=C\CCCCCCCC(=O)OC[C@@H](O)COP(=O)([O-])OCC[N+](C)(C)C. The van der Waals surface area contributed by atoms with Crippen LogP contribution in [0.2, 0.25) is 0 Å². The Labute approximate surface area is 214 Å². The number of unbranched alkanes of at least 4 members (excludes halogenated alkanes) is 11. The van der Waals surface area contributed by atoms with Crippen LogP contribution >= 0.6 is 7.82 Å². The lowest BCUT2D eigenvalue weighted by molar-refractivity contribution is -0.870. The number of phosphoric ester groups is 1. The van der Waals surface area contributed by atoms with Gasteiger partial charge in [-0.25, -0.2) is 0 Å². The molecule has 0 aromatic carbocycles. The molecule has 0 spiro atoms. The Balaban J connectivity index is 3.59. The van der Waals surface area contributed by atoms with E-state index in [0.717, 1.165) is 32.1 Å². The molecule has 35 heavy (non-hydrogen) atoms. The van der Waals surface area contributed by atoms with Gasteiger partial charge in [0.2, 0.25) is 0 Å². The number of carbonyl (C=O) groups is 1. The average Bonchev–Trinajstić information content (AvgIpc) is 2.78. The zero-order chi connectivity index (χ0) is 26.4. The highest BCUT2D eigenvalue weighted by molar-refractivity contribution is 7.45. The Morgan fingerprint density at radius 3 is 2.00 bits per heavy atom. The molecule has 2 atom stereocenters. The standard InChI is InChI=1S/C26H52NO7P/c1-5-6-7-8-9-10-11-12-13-14-15-16-17-18-19-20-26(29)32-23-25(28)24-34-35(30,31)33-22-21-27(2,3)4/h12-13,25,28H,5-11,14-24H2,1-4H3/b13-12-/t25-/m1/s1. The van der Waals surface area contributed by atoms with Gasteiger partial charge in [0, 0.05) is 6.42 Å². The van der Waals surface area contributed by atoms with Crippen LogP contribution in [0.15, 0.2) is 12.2 Å². The molecule has 0 amide bonds. The van der Waals surface area contributed by atoms with E-state index < -0.39 is 26.5 Å². The minimum atomic E-state index is -4.49. The highest BCUT2D eigenvalue weighted by Crippen LogP contribution is 2.38. The van der Waals surface area contributed by atoms with E-state index in [0.29, 0.717) is 17.4 Å². The molecule has 9 heteroatoms. The first-order valence-corrected chi connectivity index (χ1v) is 14.9. The van der Waals surface area contributed by atoms with Gasteiger partial charge in [-0.3, -0.25) is 9.36 Å². The summed E-state index contributed by atoms with van der Waals surface area (Å²) in [5, 5.41) is 9.79. The summed E-state index contributed by atoms with van der Waals surface area (Å²) in [6.07, 6.45) is 19.1. The molecule has 0 aromatic heterocycles. The molecule has 0 saturated carbocycles. The van der Waals surface area contributed by atoms with Gasteiger partial charge in [-0.1, -0.05) is 70.4 Å². The normalized spacial score (nSPS) is 14.8. The molecule has 0 bridgehead atoms. The lowest BCUT2D eigenvalue weighted by atomic mass is 10.1. The third-order valence-corrected chi connectivity index (χ3v) is 6.48. The maximum atomic E-state index is 11.8. The number of aliphatic hydroxyl groups is 1. The molecule has 0 aliphatic carbocycles. The van der Waals surface area contributed by atoms with E-state index in [4.69, 9.17) is 9.26 Å². The van der Waals surface area contributed by atoms with Crippen LogP contribution in [-0.2, 0) is 23.1 Å². The molecule has 0 radical (unpaired) electrons. The topological polar surface area (TPSA) is 105 Å². The highest BCUT2D eigenvalue weighted by Gasteiger charge is 2.16. The van der Waals surface area contributed by atoms with Gasteiger partial charge in [0.1, 0.15) is 25.9 Å². The van der Waals surface area contributed by atoms with Crippen molar-refractivity contribution in [3.8, 4) is 0 Å². The van der Waals surface area contributed by atoms with E-state index in [1.165, 1.54) is 51.4 Å². The van der Waals surface area contributed by atoms with Gasteiger partial charge in [0.15, 0.2) is 0 Å². The molecule has 208 valence electrons. The van der Waals surface area contributed by atoms with Crippen molar-refractivity contribution in [3.63, 3.8) is 0 Å². The summed E-state index contributed by atoms with van der Waals surface area (Å²) < 4.78 is 26.6. The second-order valence-electron chi connectivity index (χ2n) is 10.3. The summed E-state index contributed by atoms with van der Waals surface area (Å²) in [4.78, 5) is 23.5. The van der Waals surface area contributed by atoms with Crippen LogP contribution in [0.4, 0.5) is 0 Å². The average molecular weight is 522 g/mol. The second-order valence-corrected chi connectivity index (χ2v) is 11.7. The Morgan fingerprint density at radius 2 is 1.43 bits per heavy atom. The molecule has 0 rings (SSSR count). The lowest BCUT2D eigenvalue weighted by Gasteiger charge is -2.27. The van der Waals surface area contributed by atoms with E-state index >= 15 is 0 Å². The molecule has 0 aliphatic heterocycles. The van der Waals surface area contributed by atoms with Crippen LogP contribution in [0.25, 0.3) is 0 Å². The highest BCUT2D eigenvalue weighted by atomic mass is 31.2. The first kappa shape index (κ1) is 34.2. The van der Waals surface area contributed by atoms with Crippen molar-refractivity contribution >= 4 is 13.8 Å². The van der Waals surface area contributed by atoms with Gasteiger partial charge in [-0.2, -0.15) is 0 Å². The number of aliphatic hydroxyl groups excluding tert-OH is 1. The smallest absolute Gasteiger partial charge is 0.305 e. The predicted octanol–water partition coefficient (Wildman–Crippen LogP) is 5.14. The van der Waals surface area contributed by atoms with E-state index in [1.807, 2.05) is 21.1 Å². The third kappa shape index (κ3) is 26.1. The van der Waals surface area contributed by atoms with Gasteiger partial charge >= 0.3 is 5.97 Å². The third-order valence-electron chi connectivity index (χ3n) is 5.52. The number of ether oxygens (including phenoxy) is 1. The van der Waals surface area contributed by atoms with Crippen LogP contribution in [0.3, 0.4) is 0 Å². The lowest BCUT2D eigenvalue weighted by Crippen LogP contribution is -2.37. The fourth-order valence-corrected chi connectivity index (χ4v) is 4.03. The van der Waals surface area contributed by atoms with Crippen molar-refractivity contribution in [3.05, 3.63) is 12.2 Å². The van der Waals surface area contributed by atoms with Gasteiger partial charge in [-0.15, -0.1) is 0 Å². The minimum absolute atomic E-state index is 0.00862. The predicted molar refractivity (Wildman–Crippen MR) is 139 cm³/mol. The van der Waals surface area contributed by atoms with E-state index in [2.05, 4.69) is 23.6 Å². The van der Waals surface area contributed by atoms with Crippen LogP contribution < -0.4 is 4.89 Å². The molecular formula is C26H52NO7P. The summed E-state index contributed by atoms with van der Waals surface area (Å²) in [6.45, 7) is 1.92. The first-order valence-electron chi connectivity index (χ1n) is 13.4. The Morgan fingerprint density at radius 1 is 0.886 bits per heavy atom. The Bertz CT molecular complexity index is 593. The van der Waals surface area contributed by atoms with Crippen molar-refractivity contribution in [1.82, 2.24) is 0 Å². The summed E-state index contributed by atoms with van der Waals surface area (Å²) in [7, 11) is 1.24. The number of nitrogens with zero attached hydrogens (tertiary/aromatic N) is 1. The van der Waals surface area contributed by atoms with Crippen molar-refractivity contribution in [2.24, 2.45) is 0 Å². The molecule has 1 unspecified atom stereocenters. The van der Waals surface area contributed by atoms with Crippen LogP contribution in [-0.4, -0.2) is 69.2 Å². The summed E-state index contributed by atoms with van der Waals surface area (Å²) in [5.74, 6) is -0.397. The summed E-state index contributed by atoms with van der Waals surface area (Å²) >= 11 is 0. The van der Waals surface area contributed by atoms with Crippen molar-refractivity contribution in [2.75, 3.05) is 47.5 Å². The molecule has 0 aromatic rings. The van der Waals surface area contributed by atoms with E-state index in [1.54, 1.807) is 0 Å².